The Hall–Kier alpha value is -2.12. The lowest BCUT2D eigenvalue weighted by atomic mass is 10.1. The Bertz CT molecular complexity index is 545. The minimum atomic E-state index is -0.694. The molecule has 2 N–H and O–H groups in total. The van der Waals surface area contributed by atoms with Gasteiger partial charge >= 0.3 is 0 Å². The van der Waals surface area contributed by atoms with E-state index < -0.39 is 6.10 Å². The summed E-state index contributed by atoms with van der Waals surface area (Å²) in [5.41, 5.74) is 0.684. The Morgan fingerprint density at radius 1 is 1.33 bits per heavy atom. The molecule has 0 amide bonds. The van der Waals surface area contributed by atoms with E-state index in [-0.39, 0.29) is 0 Å². The summed E-state index contributed by atoms with van der Waals surface area (Å²) < 4.78 is 15.1. The van der Waals surface area contributed by atoms with E-state index in [0.29, 0.717) is 42.4 Å². The van der Waals surface area contributed by atoms with Gasteiger partial charge in [-0.25, -0.2) is 0 Å². The minimum Gasteiger partial charge on any atom is -0.497 e. The summed E-state index contributed by atoms with van der Waals surface area (Å²) >= 11 is 0. The summed E-state index contributed by atoms with van der Waals surface area (Å²) in [6.45, 7) is 1.03. The lowest BCUT2D eigenvalue weighted by Gasteiger charge is -2.16. The highest BCUT2D eigenvalue weighted by Crippen LogP contribution is 2.28. The van der Waals surface area contributed by atoms with Gasteiger partial charge in [0.25, 0.3) is 0 Å². The SMILES string of the molecule is COc1ccc(OC)c(C(O)CNCCc2ncon2)c1. The number of methoxy groups -OCH3 is 2. The quantitative estimate of drug-likeness (QED) is 0.700. The Labute approximate surface area is 122 Å². The van der Waals surface area contributed by atoms with Crippen molar-refractivity contribution < 1.29 is 19.1 Å². The highest BCUT2D eigenvalue weighted by Gasteiger charge is 2.14. The van der Waals surface area contributed by atoms with E-state index in [1.54, 1.807) is 32.4 Å². The van der Waals surface area contributed by atoms with Crippen LogP contribution >= 0.6 is 0 Å². The lowest BCUT2D eigenvalue weighted by Crippen LogP contribution is -2.24. The molecule has 0 aliphatic heterocycles. The van der Waals surface area contributed by atoms with Crippen molar-refractivity contribution in [2.75, 3.05) is 27.3 Å². The van der Waals surface area contributed by atoms with Crippen LogP contribution in [0.4, 0.5) is 0 Å². The maximum absolute atomic E-state index is 10.3. The standard InChI is InChI=1S/C14H19N3O4/c1-19-10-3-4-13(20-2)11(7-10)12(18)8-15-6-5-14-16-9-21-17-14/h3-4,7,9,12,15,18H,5-6,8H2,1-2H3. The van der Waals surface area contributed by atoms with Gasteiger partial charge < -0.3 is 24.4 Å². The van der Waals surface area contributed by atoms with E-state index in [1.165, 1.54) is 6.39 Å². The number of aliphatic hydroxyl groups excluding tert-OH is 1. The summed E-state index contributed by atoms with van der Waals surface area (Å²) in [5, 5.41) is 17.1. The third kappa shape index (κ3) is 4.17. The molecule has 1 heterocycles. The number of aliphatic hydroxyl groups is 1. The van der Waals surface area contributed by atoms with E-state index in [0.717, 1.165) is 0 Å². The van der Waals surface area contributed by atoms with Crippen LogP contribution in [-0.2, 0) is 6.42 Å². The largest absolute Gasteiger partial charge is 0.497 e. The zero-order valence-corrected chi connectivity index (χ0v) is 12.1. The van der Waals surface area contributed by atoms with Crippen LogP contribution in [0.2, 0.25) is 0 Å². The molecule has 0 spiro atoms. The third-order valence-electron chi connectivity index (χ3n) is 3.07. The van der Waals surface area contributed by atoms with Gasteiger partial charge in [-0.2, -0.15) is 4.98 Å². The molecule has 7 heteroatoms. The molecule has 0 radical (unpaired) electrons. The molecule has 1 aromatic heterocycles. The van der Waals surface area contributed by atoms with E-state index in [4.69, 9.17) is 9.47 Å². The molecule has 2 aromatic rings. The van der Waals surface area contributed by atoms with Gasteiger partial charge in [0.2, 0.25) is 6.39 Å². The molecule has 114 valence electrons. The molecule has 0 aliphatic rings. The monoisotopic (exact) mass is 293 g/mol. The van der Waals surface area contributed by atoms with Crippen LogP contribution in [-0.4, -0.2) is 42.6 Å². The van der Waals surface area contributed by atoms with Crippen LogP contribution in [0, 0.1) is 0 Å². The highest BCUT2D eigenvalue weighted by molar-refractivity contribution is 5.41. The van der Waals surface area contributed by atoms with Crippen molar-refractivity contribution in [3.8, 4) is 11.5 Å². The Morgan fingerprint density at radius 3 is 2.86 bits per heavy atom. The zero-order chi connectivity index (χ0) is 15.1. The summed E-state index contributed by atoms with van der Waals surface area (Å²) in [6, 6.07) is 5.33. The first-order chi connectivity index (χ1) is 10.2. The number of nitrogens with one attached hydrogen (secondary N) is 1. The molecule has 1 aromatic carbocycles. The van der Waals surface area contributed by atoms with E-state index in [9.17, 15) is 5.11 Å². The van der Waals surface area contributed by atoms with Crippen molar-refractivity contribution in [1.82, 2.24) is 15.5 Å². The second kappa shape index (κ2) is 7.61. The third-order valence-corrected chi connectivity index (χ3v) is 3.07. The van der Waals surface area contributed by atoms with E-state index in [1.807, 2.05) is 0 Å². The van der Waals surface area contributed by atoms with E-state index >= 15 is 0 Å². The number of hydrogen-bond donors (Lipinski definition) is 2. The second-order valence-electron chi connectivity index (χ2n) is 4.43. The topological polar surface area (TPSA) is 89.6 Å². The summed E-state index contributed by atoms with van der Waals surface area (Å²) in [4.78, 5) is 3.92. The predicted octanol–water partition coefficient (Wildman–Crippen LogP) is 0.952. The van der Waals surface area contributed by atoms with Gasteiger partial charge in [-0.3, -0.25) is 0 Å². The molecule has 1 unspecified atom stereocenters. The maximum Gasteiger partial charge on any atom is 0.213 e. The molecule has 7 nitrogen and oxygen atoms in total. The van der Waals surface area contributed by atoms with Crippen molar-refractivity contribution in [2.45, 2.75) is 12.5 Å². The van der Waals surface area contributed by atoms with Gasteiger partial charge in [-0.1, -0.05) is 5.16 Å². The normalized spacial score (nSPS) is 12.1. The number of ether oxygens (including phenoxy) is 2. The molecule has 1 atom stereocenters. The molecule has 0 saturated carbocycles. The molecule has 0 aliphatic carbocycles. The highest BCUT2D eigenvalue weighted by atomic mass is 16.5. The Balaban J connectivity index is 1.88. The fraction of sp³-hybridized carbons (Fsp3) is 0.429. The molecule has 0 bridgehead atoms. The average molecular weight is 293 g/mol. The molecule has 21 heavy (non-hydrogen) atoms. The number of aromatic nitrogens is 2. The molecule has 0 saturated heterocycles. The van der Waals surface area contributed by atoms with Gasteiger partial charge in [0.1, 0.15) is 11.5 Å². The maximum atomic E-state index is 10.3. The van der Waals surface area contributed by atoms with E-state index in [2.05, 4.69) is 20.0 Å². The van der Waals surface area contributed by atoms with Gasteiger partial charge in [-0.15, -0.1) is 0 Å². The van der Waals surface area contributed by atoms with Crippen molar-refractivity contribution in [3.63, 3.8) is 0 Å². The molecule has 2 rings (SSSR count). The number of benzene rings is 1. The summed E-state index contributed by atoms with van der Waals surface area (Å²) in [6.07, 6.45) is 1.24. The van der Waals surface area contributed by atoms with Crippen LogP contribution in [0.3, 0.4) is 0 Å². The zero-order valence-electron chi connectivity index (χ0n) is 12.1. The van der Waals surface area contributed by atoms with Crippen molar-refractivity contribution in [1.29, 1.82) is 0 Å². The van der Waals surface area contributed by atoms with Crippen LogP contribution in [0.1, 0.15) is 17.5 Å². The number of rotatable bonds is 8. The first-order valence-electron chi connectivity index (χ1n) is 6.60. The predicted molar refractivity (Wildman–Crippen MR) is 75.4 cm³/mol. The smallest absolute Gasteiger partial charge is 0.213 e. The fourth-order valence-electron chi connectivity index (χ4n) is 1.95. The molecular formula is C14H19N3O4. The van der Waals surface area contributed by atoms with Crippen LogP contribution < -0.4 is 14.8 Å². The second-order valence-corrected chi connectivity index (χ2v) is 4.43. The summed E-state index contributed by atoms with van der Waals surface area (Å²) in [7, 11) is 3.16. The first-order valence-corrected chi connectivity index (χ1v) is 6.60. The molecule has 0 fully saturated rings. The first kappa shape index (κ1) is 15.3. The lowest BCUT2D eigenvalue weighted by molar-refractivity contribution is 0.170. The van der Waals surface area contributed by atoms with Crippen LogP contribution in [0.15, 0.2) is 29.1 Å². The molecular weight excluding hydrogens is 274 g/mol. The van der Waals surface area contributed by atoms with Gasteiger partial charge in [-0.05, 0) is 18.2 Å². The Morgan fingerprint density at radius 2 is 2.19 bits per heavy atom. The number of nitrogens with zero attached hydrogens (tertiary/aromatic N) is 2. The van der Waals surface area contributed by atoms with Crippen molar-refractivity contribution in [2.24, 2.45) is 0 Å². The minimum absolute atomic E-state index is 0.390. The Kier molecular flexibility index (Phi) is 5.53. The fourth-order valence-corrected chi connectivity index (χ4v) is 1.95. The van der Waals surface area contributed by atoms with Gasteiger partial charge in [0.05, 0.1) is 20.3 Å². The summed E-state index contributed by atoms with van der Waals surface area (Å²) in [5.74, 6) is 1.94. The van der Waals surface area contributed by atoms with Gasteiger partial charge in [0, 0.05) is 25.1 Å². The van der Waals surface area contributed by atoms with Crippen molar-refractivity contribution in [3.05, 3.63) is 36.0 Å². The average Bonchev–Trinajstić information content (AvgIpc) is 3.04. The van der Waals surface area contributed by atoms with Crippen molar-refractivity contribution >= 4 is 0 Å². The number of hydrogen-bond acceptors (Lipinski definition) is 7. The van der Waals surface area contributed by atoms with Crippen LogP contribution in [0.25, 0.3) is 0 Å². The van der Waals surface area contributed by atoms with Gasteiger partial charge in [0.15, 0.2) is 5.82 Å². The van der Waals surface area contributed by atoms with Crippen LogP contribution in [0.5, 0.6) is 11.5 Å².